The highest BCUT2D eigenvalue weighted by Crippen LogP contribution is 2.24. The van der Waals surface area contributed by atoms with E-state index in [-0.39, 0.29) is 6.61 Å². The average molecular weight is 265 g/mol. The third kappa shape index (κ3) is 2.55. The molecule has 0 bridgehead atoms. The summed E-state index contributed by atoms with van der Waals surface area (Å²) in [6.45, 7) is 8.01. The molecule has 0 aliphatic carbocycles. The van der Waals surface area contributed by atoms with Gasteiger partial charge in [0, 0.05) is 50.5 Å². The van der Waals surface area contributed by atoms with Crippen molar-refractivity contribution in [3.05, 3.63) is 17.0 Å². The van der Waals surface area contributed by atoms with Gasteiger partial charge in [-0.3, -0.25) is 9.58 Å². The van der Waals surface area contributed by atoms with Gasteiger partial charge in [-0.2, -0.15) is 5.10 Å². The SMILES string of the molecule is CCn1nc(CO)c2c1CCN(C[C@H]1CCOC1)C2. The Labute approximate surface area is 114 Å². The van der Waals surface area contributed by atoms with E-state index in [0.717, 1.165) is 51.5 Å². The van der Waals surface area contributed by atoms with Crippen LogP contribution in [0, 0.1) is 5.92 Å². The maximum Gasteiger partial charge on any atom is 0.0926 e. The molecular weight excluding hydrogens is 242 g/mol. The van der Waals surface area contributed by atoms with E-state index in [4.69, 9.17) is 4.74 Å². The summed E-state index contributed by atoms with van der Waals surface area (Å²) < 4.78 is 7.50. The molecule has 1 N–H and O–H groups in total. The molecule has 0 saturated carbocycles. The van der Waals surface area contributed by atoms with E-state index in [1.807, 2.05) is 0 Å². The van der Waals surface area contributed by atoms with E-state index in [9.17, 15) is 5.11 Å². The molecule has 0 unspecified atom stereocenters. The molecule has 5 nitrogen and oxygen atoms in total. The van der Waals surface area contributed by atoms with Crippen molar-refractivity contribution in [2.45, 2.75) is 39.5 Å². The molecule has 2 aliphatic rings. The highest BCUT2D eigenvalue weighted by molar-refractivity contribution is 5.28. The van der Waals surface area contributed by atoms with Gasteiger partial charge in [-0.05, 0) is 19.3 Å². The Balaban J connectivity index is 1.73. The third-order valence-corrected chi connectivity index (χ3v) is 4.29. The van der Waals surface area contributed by atoms with Crippen molar-refractivity contribution in [2.75, 3.05) is 26.3 Å². The number of ether oxygens (including phenoxy) is 1. The maximum absolute atomic E-state index is 9.46. The molecule has 3 heterocycles. The Kier molecular flexibility index (Phi) is 3.86. The van der Waals surface area contributed by atoms with Gasteiger partial charge in [0.2, 0.25) is 0 Å². The summed E-state index contributed by atoms with van der Waals surface area (Å²) in [7, 11) is 0. The number of aromatic nitrogens is 2. The summed E-state index contributed by atoms with van der Waals surface area (Å²) in [5.74, 6) is 0.681. The number of hydrogen-bond donors (Lipinski definition) is 1. The topological polar surface area (TPSA) is 50.5 Å². The van der Waals surface area contributed by atoms with Crippen LogP contribution in [0.2, 0.25) is 0 Å². The number of nitrogens with zero attached hydrogens (tertiary/aromatic N) is 3. The van der Waals surface area contributed by atoms with Crippen LogP contribution in [-0.4, -0.2) is 46.1 Å². The predicted octanol–water partition coefficient (Wildman–Crippen LogP) is 0.790. The molecule has 0 spiro atoms. The highest BCUT2D eigenvalue weighted by Gasteiger charge is 2.26. The summed E-state index contributed by atoms with van der Waals surface area (Å²) in [6, 6.07) is 0. The van der Waals surface area contributed by atoms with Crippen LogP contribution >= 0.6 is 0 Å². The van der Waals surface area contributed by atoms with Crippen LogP contribution in [-0.2, 0) is 30.9 Å². The third-order valence-electron chi connectivity index (χ3n) is 4.29. The fourth-order valence-corrected chi connectivity index (χ4v) is 3.25. The number of fused-ring (bicyclic) bond motifs is 1. The van der Waals surface area contributed by atoms with Crippen LogP contribution in [0.5, 0.6) is 0 Å². The fourth-order valence-electron chi connectivity index (χ4n) is 3.25. The number of aryl methyl sites for hydroxylation is 1. The number of aliphatic hydroxyl groups is 1. The highest BCUT2D eigenvalue weighted by atomic mass is 16.5. The number of rotatable bonds is 4. The van der Waals surface area contributed by atoms with Crippen LogP contribution in [0.4, 0.5) is 0 Å². The number of aliphatic hydroxyl groups excluding tert-OH is 1. The average Bonchev–Trinajstić information content (AvgIpc) is 3.05. The molecule has 1 saturated heterocycles. The van der Waals surface area contributed by atoms with E-state index >= 15 is 0 Å². The molecule has 1 atom stereocenters. The first-order valence-corrected chi connectivity index (χ1v) is 7.30. The van der Waals surface area contributed by atoms with Crippen LogP contribution in [0.25, 0.3) is 0 Å². The van der Waals surface area contributed by atoms with Gasteiger partial charge >= 0.3 is 0 Å². The van der Waals surface area contributed by atoms with E-state index in [2.05, 4.69) is 21.6 Å². The van der Waals surface area contributed by atoms with E-state index in [0.29, 0.717) is 5.92 Å². The molecular formula is C14H23N3O2. The van der Waals surface area contributed by atoms with E-state index in [1.54, 1.807) is 0 Å². The van der Waals surface area contributed by atoms with Crippen molar-refractivity contribution in [3.63, 3.8) is 0 Å². The fraction of sp³-hybridized carbons (Fsp3) is 0.786. The largest absolute Gasteiger partial charge is 0.390 e. The molecule has 106 valence electrons. The van der Waals surface area contributed by atoms with Gasteiger partial charge in [-0.15, -0.1) is 0 Å². The lowest BCUT2D eigenvalue weighted by molar-refractivity contribution is 0.161. The van der Waals surface area contributed by atoms with E-state index < -0.39 is 0 Å². The van der Waals surface area contributed by atoms with Crippen molar-refractivity contribution >= 4 is 0 Å². The van der Waals surface area contributed by atoms with Crippen LogP contribution < -0.4 is 0 Å². The lowest BCUT2D eigenvalue weighted by Crippen LogP contribution is -2.35. The summed E-state index contributed by atoms with van der Waals surface area (Å²) in [5.41, 5.74) is 3.45. The summed E-state index contributed by atoms with van der Waals surface area (Å²) in [4.78, 5) is 2.49. The van der Waals surface area contributed by atoms with Gasteiger partial charge in [-0.1, -0.05) is 0 Å². The molecule has 5 heteroatoms. The normalized spacial score (nSPS) is 23.8. The molecule has 0 radical (unpaired) electrons. The van der Waals surface area contributed by atoms with E-state index in [1.165, 1.54) is 17.7 Å². The van der Waals surface area contributed by atoms with Crippen LogP contribution in [0.3, 0.4) is 0 Å². The molecule has 1 fully saturated rings. The summed E-state index contributed by atoms with van der Waals surface area (Å²) in [6.07, 6.45) is 2.23. The van der Waals surface area contributed by atoms with Gasteiger partial charge in [0.05, 0.1) is 18.9 Å². The molecule has 2 aliphatic heterocycles. The van der Waals surface area contributed by atoms with Crippen molar-refractivity contribution in [3.8, 4) is 0 Å². The van der Waals surface area contributed by atoms with Gasteiger partial charge < -0.3 is 9.84 Å². The second-order valence-corrected chi connectivity index (χ2v) is 5.56. The molecule has 0 aromatic carbocycles. The zero-order valence-corrected chi connectivity index (χ0v) is 11.6. The lowest BCUT2D eigenvalue weighted by atomic mass is 10.0. The predicted molar refractivity (Wildman–Crippen MR) is 71.7 cm³/mol. The van der Waals surface area contributed by atoms with Gasteiger partial charge in [-0.25, -0.2) is 0 Å². The van der Waals surface area contributed by atoms with Gasteiger partial charge in [0.1, 0.15) is 0 Å². The van der Waals surface area contributed by atoms with Gasteiger partial charge in [0.25, 0.3) is 0 Å². The summed E-state index contributed by atoms with van der Waals surface area (Å²) in [5, 5.41) is 14.0. The molecule has 3 rings (SSSR count). The minimum absolute atomic E-state index is 0.0513. The van der Waals surface area contributed by atoms with Crippen LogP contribution in [0.1, 0.15) is 30.3 Å². The quantitative estimate of drug-likeness (QED) is 0.874. The van der Waals surface area contributed by atoms with Crippen LogP contribution in [0.15, 0.2) is 0 Å². The zero-order chi connectivity index (χ0) is 13.2. The molecule has 1 aromatic rings. The Morgan fingerprint density at radius 3 is 3.05 bits per heavy atom. The number of hydrogen-bond acceptors (Lipinski definition) is 4. The Hall–Kier alpha value is -0.910. The first-order valence-electron chi connectivity index (χ1n) is 7.30. The molecule has 1 aromatic heterocycles. The summed E-state index contributed by atoms with van der Waals surface area (Å²) >= 11 is 0. The Morgan fingerprint density at radius 1 is 1.47 bits per heavy atom. The van der Waals surface area contributed by atoms with Crippen molar-refractivity contribution in [1.82, 2.24) is 14.7 Å². The molecule has 0 amide bonds. The molecule has 19 heavy (non-hydrogen) atoms. The minimum atomic E-state index is 0.0513. The Morgan fingerprint density at radius 2 is 2.37 bits per heavy atom. The minimum Gasteiger partial charge on any atom is -0.390 e. The van der Waals surface area contributed by atoms with Crippen molar-refractivity contribution in [2.24, 2.45) is 5.92 Å². The first kappa shape index (κ1) is 13.1. The smallest absolute Gasteiger partial charge is 0.0926 e. The van der Waals surface area contributed by atoms with Gasteiger partial charge in [0.15, 0.2) is 0 Å². The Bertz CT molecular complexity index is 438. The second kappa shape index (κ2) is 5.61. The monoisotopic (exact) mass is 265 g/mol. The maximum atomic E-state index is 9.46. The first-order chi connectivity index (χ1) is 9.31. The zero-order valence-electron chi connectivity index (χ0n) is 11.6. The lowest BCUT2D eigenvalue weighted by Gasteiger charge is -2.29. The second-order valence-electron chi connectivity index (χ2n) is 5.56. The standard InChI is InChI=1S/C14H23N3O2/c1-2-17-14-3-5-16(7-11-4-6-19-10-11)8-12(14)13(9-18)15-17/h11,18H,2-10H2,1H3/t11-/m1/s1. The van der Waals surface area contributed by atoms with Crippen molar-refractivity contribution < 1.29 is 9.84 Å². The van der Waals surface area contributed by atoms with Crippen molar-refractivity contribution in [1.29, 1.82) is 0 Å².